The number of carboxylic acids is 1. The van der Waals surface area contributed by atoms with E-state index in [9.17, 15) is 9.59 Å². The summed E-state index contributed by atoms with van der Waals surface area (Å²) in [6.07, 6.45) is 2.89. The Morgan fingerprint density at radius 3 is 2.92 bits per heavy atom. The van der Waals surface area contributed by atoms with E-state index in [1.165, 1.54) is 11.3 Å². The molecule has 0 spiro atoms. The summed E-state index contributed by atoms with van der Waals surface area (Å²) in [5, 5.41) is 17.4. The summed E-state index contributed by atoms with van der Waals surface area (Å²) in [5.74, 6) is -0.511. The number of unbranched alkanes of at least 4 members (excludes halogenated alkanes) is 2. The molecule has 0 bridgehead atoms. The maximum atomic E-state index is 12.0. The molecule has 2 N–H and O–H groups in total. The number of amides is 1. The van der Waals surface area contributed by atoms with Gasteiger partial charge in [0, 0.05) is 25.7 Å². The Bertz CT molecular complexity index is 707. The smallest absolute Gasteiger partial charge is 0.309 e. The van der Waals surface area contributed by atoms with Crippen molar-refractivity contribution < 1.29 is 19.2 Å². The molecule has 1 aliphatic heterocycles. The van der Waals surface area contributed by atoms with Crippen molar-refractivity contribution in [2.24, 2.45) is 5.92 Å². The van der Waals surface area contributed by atoms with Crippen LogP contribution in [0.4, 0.5) is 0 Å². The number of aromatic nitrogens is 1. The highest BCUT2D eigenvalue weighted by Gasteiger charge is 2.31. The van der Waals surface area contributed by atoms with Crippen molar-refractivity contribution in [1.29, 1.82) is 0 Å². The number of nitrogens with zero attached hydrogens (tertiary/aromatic N) is 2. The van der Waals surface area contributed by atoms with E-state index in [4.69, 9.17) is 9.63 Å². The molecule has 0 aromatic carbocycles. The molecule has 0 aliphatic carbocycles. The summed E-state index contributed by atoms with van der Waals surface area (Å²) in [4.78, 5) is 25.8. The van der Waals surface area contributed by atoms with Crippen molar-refractivity contribution in [2.45, 2.75) is 19.3 Å². The Hall–Kier alpha value is -2.19. The van der Waals surface area contributed by atoms with E-state index in [2.05, 4.69) is 15.4 Å². The fourth-order valence-corrected chi connectivity index (χ4v) is 3.43. The summed E-state index contributed by atoms with van der Waals surface area (Å²) < 4.78 is 5.20. The van der Waals surface area contributed by atoms with E-state index in [0.717, 1.165) is 30.7 Å². The van der Waals surface area contributed by atoms with E-state index < -0.39 is 5.97 Å². The maximum absolute atomic E-state index is 12.0. The number of thiophene rings is 1. The highest BCUT2D eigenvalue weighted by molar-refractivity contribution is 7.13. The molecule has 1 aliphatic rings. The molecule has 2 aromatic rings. The average Bonchev–Trinajstić information content (AvgIpc) is 3.22. The van der Waals surface area contributed by atoms with Crippen molar-refractivity contribution in [2.75, 3.05) is 26.2 Å². The molecule has 0 unspecified atom stereocenters. The summed E-state index contributed by atoms with van der Waals surface area (Å²) in [7, 11) is 0. The van der Waals surface area contributed by atoms with Gasteiger partial charge in [0.25, 0.3) is 5.91 Å². The zero-order valence-corrected chi connectivity index (χ0v) is 14.6. The van der Waals surface area contributed by atoms with E-state index in [1.807, 2.05) is 17.5 Å². The van der Waals surface area contributed by atoms with Crippen LogP contribution in [-0.4, -0.2) is 53.2 Å². The van der Waals surface area contributed by atoms with Crippen molar-refractivity contribution in [3.05, 3.63) is 29.3 Å². The van der Waals surface area contributed by atoms with E-state index in [1.54, 1.807) is 6.07 Å². The van der Waals surface area contributed by atoms with Crippen molar-refractivity contribution in [3.8, 4) is 10.6 Å². The largest absolute Gasteiger partial charge is 0.481 e. The number of rotatable bonds is 9. The molecular formula is C17H21N3O4S. The monoisotopic (exact) mass is 363 g/mol. The van der Waals surface area contributed by atoms with Crippen LogP contribution in [0.5, 0.6) is 0 Å². The second-order valence-electron chi connectivity index (χ2n) is 6.17. The molecule has 8 heteroatoms. The molecule has 7 nitrogen and oxygen atoms in total. The third-order valence-electron chi connectivity index (χ3n) is 4.25. The summed E-state index contributed by atoms with van der Waals surface area (Å²) >= 11 is 1.54. The molecule has 1 saturated heterocycles. The van der Waals surface area contributed by atoms with Crippen molar-refractivity contribution in [1.82, 2.24) is 15.4 Å². The molecule has 1 fully saturated rings. The first kappa shape index (κ1) is 17.6. The number of nitrogens with one attached hydrogen (secondary N) is 1. The Labute approximate surface area is 149 Å². The molecule has 0 radical (unpaired) electrons. The van der Waals surface area contributed by atoms with Crippen LogP contribution in [0.1, 0.15) is 29.8 Å². The highest BCUT2D eigenvalue weighted by atomic mass is 32.1. The number of carbonyl (C=O) groups excluding carboxylic acids is 1. The first-order valence-electron chi connectivity index (χ1n) is 8.37. The maximum Gasteiger partial charge on any atom is 0.309 e. The quantitative estimate of drug-likeness (QED) is 0.664. The van der Waals surface area contributed by atoms with Gasteiger partial charge in [0.2, 0.25) is 0 Å². The fraction of sp³-hybridized carbons (Fsp3) is 0.471. The van der Waals surface area contributed by atoms with Crippen LogP contribution in [0.2, 0.25) is 0 Å². The lowest BCUT2D eigenvalue weighted by atomic mass is 10.00. The molecule has 1 amide bonds. The summed E-state index contributed by atoms with van der Waals surface area (Å²) in [5.41, 5.74) is 0.295. The topological polar surface area (TPSA) is 95.7 Å². The normalized spacial score (nSPS) is 15.0. The Morgan fingerprint density at radius 1 is 1.36 bits per heavy atom. The second-order valence-corrected chi connectivity index (χ2v) is 7.11. The number of carboxylic acid groups (broad SMARTS) is 1. The van der Waals surface area contributed by atoms with Gasteiger partial charge >= 0.3 is 5.97 Å². The Morgan fingerprint density at radius 2 is 2.20 bits per heavy atom. The fourth-order valence-electron chi connectivity index (χ4n) is 2.76. The van der Waals surface area contributed by atoms with Crippen LogP contribution in [0, 0.1) is 5.92 Å². The lowest BCUT2D eigenvalue weighted by Crippen LogP contribution is -2.50. The molecule has 3 rings (SSSR count). The van der Waals surface area contributed by atoms with Gasteiger partial charge in [-0.2, -0.15) is 0 Å². The highest BCUT2D eigenvalue weighted by Crippen LogP contribution is 2.25. The zero-order valence-electron chi connectivity index (χ0n) is 13.8. The molecule has 0 atom stereocenters. The van der Waals surface area contributed by atoms with Gasteiger partial charge in [-0.15, -0.1) is 11.3 Å². The third kappa shape index (κ3) is 4.67. The minimum absolute atomic E-state index is 0.194. The van der Waals surface area contributed by atoms with Gasteiger partial charge in [0.05, 0.1) is 10.8 Å². The number of carbonyl (C=O) groups is 2. The average molecular weight is 363 g/mol. The van der Waals surface area contributed by atoms with Crippen LogP contribution in [-0.2, 0) is 4.79 Å². The molecule has 3 heterocycles. The molecule has 0 saturated carbocycles. The second kappa shape index (κ2) is 8.26. The molecule has 25 heavy (non-hydrogen) atoms. The number of hydrogen-bond acceptors (Lipinski definition) is 6. The van der Waals surface area contributed by atoms with Crippen molar-refractivity contribution >= 4 is 23.2 Å². The van der Waals surface area contributed by atoms with E-state index in [0.29, 0.717) is 31.1 Å². The Kier molecular flexibility index (Phi) is 5.83. The zero-order chi connectivity index (χ0) is 17.6. The predicted octanol–water partition coefficient (Wildman–Crippen LogP) is 2.32. The molecule has 2 aromatic heterocycles. The first-order chi connectivity index (χ1) is 12.1. The molecular weight excluding hydrogens is 342 g/mol. The minimum Gasteiger partial charge on any atom is -0.481 e. The predicted molar refractivity (Wildman–Crippen MR) is 93.6 cm³/mol. The van der Waals surface area contributed by atoms with E-state index in [-0.39, 0.29) is 11.8 Å². The van der Waals surface area contributed by atoms with Crippen LogP contribution in [0.15, 0.2) is 28.1 Å². The van der Waals surface area contributed by atoms with Crippen LogP contribution in [0.25, 0.3) is 10.6 Å². The van der Waals surface area contributed by atoms with Gasteiger partial charge in [-0.05, 0) is 30.8 Å². The lowest BCUT2D eigenvalue weighted by molar-refractivity contribution is -0.147. The Balaban J connectivity index is 1.28. The molecule has 134 valence electrons. The van der Waals surface area contributed by atoms with Gasteiger partial charge in [-0.25, -0.2) is 0 Å². The summed E-state index contributed by atoms with van der Waals surface area (Å²) in [6.45, 7) is 2.83. The van der Waals surface area contributed by atoms with Crippen LogP contribution in [0.3, 0.4) is 0 Å². The van der Waals surface area contributed by atoms with Crippen LogP contribution >= 0.6 is 11.3 Å². The van der Waals surface area contributed by atoms with Gasteiger partial charge in [-0.1, -0.05) is 17.6 Å². The lowest BCUT2D eigenvalue weighted by Gasteiger charge is -2.36. The van der Waals surface area contributed by atoms with Gasteiger partial charge in [0.15, 0.2) is 11.5 Å². The van der Waals surface area contributed by atoms with Gasteiger partial charge in [-0.3, -0.25) is 9.59 Å². The SMILES string of the molecule is O=C(NCCCCCN1CC(C(=O)O)C1)c1cc(-c2cccs2)on1. The number of aliphatic carboxylic acids is 1. The third-order valence-corrected chi connectivity index (χ3v) is 5.13. The number of hydrogen-bond donors (Lipinski definition) is 2. The van der Waals surface area contributed by atoms with E-state index >= 15 is 0 Å². The van der Waals surface area contributed by atoms with Crippen LogP contribution < -0.4 is 5.32 Å². The van der Waals surface area contributed by atoms with Crippen molar-refractivity contribution in [3.63, 3.8) is 0 Å². The number of likely N-dealkylation sites (tertiary alicyclic amines) is 1. The minimum atomic E-state index is -0.700. The standard InChI is InChI=1S/C17H21N3O4S/c21-16(13-9-14(24-19-13)15-5-4-8-25-15)18-6-2-1-3-7-20-10-12(11-20)17(22)23/h4-5,8-9,12H,1-3,6-7,10-11H2,(H,18,21)(H,22,23). The van der Waals surface area contributed by atoms with Gasteiger partial charge in [0.1, 0.15) is 0 Å². The summed E-state index contributed by atoms with van der Waals surface area (Å²) in [6, 6.07) is 5.50. The van der Waals surface area contributed by atoms with Gasteiger partial charge < -0.3 is 19.8 Å². The first-order valence-corrected chi connectivity index (χ1v) is 9.25.